The van der Waals surface area contributed by atoms with Crippen molar-refractivity contribution in [1.82, 2.24) is 20.5 Å². The number of carbonyl (C=O) groups is 1. The van der Waals surface area contributed by atoms with Gasteiger partial charge in [0.05, 0.1) is 21.9 Å². The van der Waals surface area contributed by atoms with Gasteiger partial charge in [-0.15, -0.1) is 0 Å². The van der Waals surface area contributed by atoms with E-state index in [2.05, 4.69) is 26.6 Å². The smallest absolute Gasteiger partial charge is 0.353 e. The van der Waals surface area contributed by atoms with Gasteiger partial charge in [-0.3, -0.25) is 9.78 Å². The zero-order chi connectivity index (χ0) is 24.3. The van der Waals surface area contributed by atoms with Crippen molar-refractivity contribution in [2.45, 2.75) is 56.4 Å². The lowest BCUT2D eigenvalue weighted by Crippen LogP contribution is -2.47. The van der Waals surface area contributed by atoms with E-state index in [-0.39, 0.29) is 19.0 Å². The lowest BCUT2D eigenvalue weighted by atomic mass is 9.82. The molecule has 3 atom stereocenters. The van der Waals surface area contributed by atoms with Crippen LogP contribution < -0.4 is 10.6 Å². The van der Waals surface area contributed by atoms with Gasteiger partial charge in [0, 0.05) is 36.3 Å². The van der Waals surface area contributed by atoms with Crippen molar-refractivity contribution in [3.05, 3.63) is 41.6 Å². The van der Waals surface area contributed by atoms with E-state index in [1.807, 2.05) is 14.1 Å². The summed E-state index contributed by atoms with van der Waals surface area (Å²) in [5, 5.41) is 16.1. The van der Waals surface area contributed by atoms with Crippen LogP contribution in [0.25, 0.3) is 10.9 Å². The minimum atomic E-state index is -4.50. The molecule has 2 saturated carbocycles. The fraction of sp³-hybridized carbons (Fsp3) is 0.560. The average Bonchev–Trinajstić information content (AvgIpc) is 3.41. The van der Waals surface area contributed by atoms with Gasteiger partial charge in [0.1, 0.15) is 6.07 Å². The van der Waals surface area contributed by atoms with Crippen LogP contribution in [0.4, 0.5) is 13.2 Å². The Hall–Kier alpha value is -2.70. The summed E-state index contributed by atoms with van der Waals surface area (Å²) in [7, 11) is 4.05. The molecule has 2 aliphatic carbocycles. The molecule has 2 aromatic rings. The van der Waals surface area contributed by atoms with Crippen molar-refractivity contribution >= 4 is 16.8 Å². The predicted molar refractivity (Wildman–Crippen MR) is 121 cm³/mol. The van der Waals surface area contributed by atoms with Gasteiger partial charge >= 0.3 is 6.18 Å². The Kier molecular flexibility index (Phi) is 5.37. The molecule has 0 bridgehead atoms. The molecule has 2 N–H and O–H groups in total. The Bertz CT molecular complexity index is 1170. The molecule has 1 amide bonds. The van der Waals surface area contributed by atoms with E-state index in [1.54, 1.807) is 30.5 Å². The molecule has 1 saturated heterocycles. The number of carbonyl (C=O) groups excluding carboxylic acids is 1. The lowest BCUT2D eigenvalue weighted by Gasteiger charge is -2.34. The summed E-state index contributed by atoms with van der Waals surface area (Å²) in [6, 6.07) is 8.29. The topological polar surface area (TPSA) is 81.0 Å². The molecule has 5 rings (SSSR count). The highest BCUT2D eigenvalue weighted by atomic mass is 19.4. The van der Waals surface area contributed by atoms with Gasteiger partial charge < -0.3 is 15.5 Å². The number of nitrogens with zero attached hydrogens (tertiary/aromatic N) is 3. The monoisotopic (exact) mass is 471 g/mol. The number of nitriles is 1. The second-order valence-corrected chi connectivity index (χ2v) is 10.2. The normalized spacial score (nSPS) is 32.9. The highest BCUT2D eigenvalue weighted by Gasteiger charge is 2.87. The van der Waals surface area contributed by atoms with E-state index in [0.29, 0.717) is 28.1 Å². The SMILES string of the molecule is CN(C)[C@H]1CC[C@H](NC(=O)C23CC2(C(F)(F)F)CNC3c2ccc(C#N)c3ncccc23)CC1. The summed E-state index contributed by atoms with van der Waals surface area (Å²) in [5.74, 6) is -0.519. The van der Waals surface area contributed by atoms with Crippen LogP contribution in [0.3, 0.4) is 0 Å². The maximum Gasteiger partial charge on any atom is 0.396 e. The van der Waals surface area contributed by atoms with Gasteiger partial charge in [0.2, 0.25) is 5.91 Å². The summed E-state index contributed by atoms with van der Waals surface area (Å²) < 4.78 is 43.1. The minimum absolute atomic E-state index is 0.120. The highest BCUT2D eigenvalue weighted by Crippen LogP contribution is 2.78. The Labute approximate surface area is 196 Å². The van der Waals surface area contributed by atoms with E-state index < -0.39 is 29.0 Å². The second kappa shape index (κ2) is 7.92. The van der Waals surface area contributed by atoms with Gasteiger partial charge in [0.25, 0.3) is 0 Å². The number of alkyl halides is 3. The lowest BCUT2D eigenvalue weighted by molar-refractivity contribution is -0.193. The number of fused-ring (bicyclic) bond motifs is 2. The molecule has 1 aromatic carbocycles. The maximum absolute atomic E-state index is 14.4. The number of nitrogens with one attached hydrogen (secondary N) is 2. The third-order valence-electron chi connectivity index (χ3n) is 8.36. The summed E-state index contributed by atoms with van der Waals surface area (Å²) >= 11 is 0. The van der Waals surface area contributed by atoms with E-state index in [4.69, 9.17) is 0 Å². The number of aromatic nitrogens is 1. The first-order valence-corrected chi connectivity index (χ1v) is 11.7. The molecule has 3 aliphatic rings. The number of piperidine rings is 1. The number of rotatable bonds is 4. The van der Waals surface area contributed by atoms with Gasteiger partial charge in [-0.1, -0.05) is 12.1 Å². The summed E-state index contributed by atoms with van der Waals surface area (Å²) in [6.07, 6.45) is 0.138. The fourth-order valence-electron chi connectivity index (χ4n) is 6.33. The molecular formula is C25H28F3N5O. The molecule has 3 fully saturated rings. The number of benzene rings is 1. The third kappa shape index (κ3) is 3.23. The van der Waals surface area contributed by atoms with E-state index in [0.717, 1.165) is 25.7 Å². The maximum atomic E-state index is 14.4. The Morgan fingerprint density at radius 1 is 1.24 bits per heavy atom. The Morgan fingerprint density at radius 3 is 2.59 bits per heavy atom. The Balaban J connectivity index is 1.50. The van der Waals surface area contributed by atoms with Crippen LogP contribution in [0, 0.1) is 22.2 Å². The molecule has 0 spiro atoms. The van der Waals surface area contributed by atoms with Gasteiger partial charge in [-0.2, -0.15) is 18.4 Å². The van der Waals surface area contributed by atoms with Gasteiger partial charge in [0.15, 0.2) is 0 Å². The number of pyridine rings is 1. The first-order chi connectivity index (χ1) is 16.1. The summed E-state index contributed by atoms with van der Waals surface area (Å²) in [5.41, 5.74) is -2.32. The number of amides is 1. The fourth-order valence-corrected chi connectivity index (χ4v) is 6.33. The van der Waals surface area contributed by atoms with Crippen molar-refractivity contribution in [3.8, 4) is 6.07 Å². The van der Waals surface area contributed by atoms with Crippen LogP contribution in [0.15, 0.2) is 30.5 Å². The van der Waals surface area contributed by atoms with Crippen molar-refractivity contribution in [1.29, 1.82) is 5.26 Å². The van der Waals surface area contributed by atoms with E-state index in [1.165, 1.54) is 0 Å². The molecule has 1 aliphatic heterocycles. The number of hydrogen-bond donors (Lipinski definition) is 2. The number of halogens is 3. The molecule has 0 radical (unpaired) electrons. The zero-order valence-electron chi connectivity index (χ0n) is 19.2. The largest absolute Gasteiger partial charge is 0.396 e. The first kappa shape index (κ1) is 23.1. The molecule has 1 aromatic heterocycles. The van der Waals surface area contributed by atoms with Gasteiger partial charge in [-0.05, 0) is 63.9 Å². The van der Waals surface area contributed by atoms with Crippen LogP contribution >= 0.6 is 0 Å². The third-order valence-corrected chi connectivity index (χ3v) is 8.36. The summed E-state index contributed by atoms with van der Waals surface area (Å²) in [4.78, 5) is 20.1. The van der Waals surface area contributed by atoms with Crippen LogP contribution in [-0.2, 0) is 4.79 Å². The molecular weight excluding hydrogens is 443 g/mol. The molecule has 6 nitrogen and oxygen atoms in total. The van der Waals surface area contributed by atoms with Crippen LogP contribution in [0.1, 0.15) is 49.3 Å². The number of hydrogen-bond acceptors (Lipinski definition) is 5. The molecule has 180 valence electrons. The van der Waals surface area contributed by atoms with E-state index >= 15 is 0 Å². The average molecular weight is 472 g/mol. The van der Waals surface area contributed by atoms with Crippen molar-refractivity contribution in [3.63, 3.8) is 0 Å². The first-order valence-electron chi connectivity index (χ1n) is 11.7. The minimum Gasteiger partial charge on any atom is -0.353 e. The van der Waals surface area contributed by atoms with Crippen LogP contribution in [-0.4, -0.2) is 54.7 Å². The molecule has 3 unspecified atom stereocenters. The standard InChI is InChI=1S/C25H28F3N5O/c1-33(2)17-8-6-16(7-9-17)32-22(34)24-13-23(24,25(26,27)28)14-31-21(24)19-10-5-15(12-29)20-18(19)4-3-11-30-20/h3-5,10-11,16-17,21,31H,6-9,13-14H2,1-2H3,(H,32,34)/t16-,17-,21?,23?,24?. The van der Waals surface area contributed by atoms with Gasteiger partial charge in [-0.25, -0.2) is 0 Å². The molecule has 2 heterocycles. The van der Waals surface area contributed by atoms with E-state index in [9.17, 15) is 23.2 Å². The second-order valence-electron chi connectivity index (χ2n) is 10.2. The molecule has 34 heavy (non-hydrogen) atoms. The quantitative estimate of drug-likeness (QED) is 0.711. The summed E-state index contributed by atoms with van der Waals surface area (Å²) in [6.45, 7) is -0.302. The Morgan fingerprint density at radius 2 is 1.97 bits per heavy atom. The van der Waals surface area contributed by atoms with Crippen molar-refractivity contribution < 1.29 is 18.0 Å². The molecule has 9 heteroatoms. The highest BCUT2D eigenvalue weighted by molar-refractivity contribution is 5.93. The van der Waals surface area contributed by atoms with Crippen LogP contribution in [0.5, 0.6) is 0 Å². The van der Waals surface area contributed by atoms with Crippen molar-refractivity contribution in [2.75, 3.05) is 20.6 Å². The predicted octanol–water partition coefficient (Wildman–Crippen LogP) is 3.68. The van der Waals surface area contributed by atoms with Crippen molar-refractivity contribution in [2.24, 2.45) is 10.8 Å². The van der Waals surface area contributed by atoms with Crippen LogP contribution in [0.2, 0.25) is 0 Å². The zero-order valence-corrected chi connectivity index (χ0v) is 19.2.